The van der Waals surface area contributed by atoms with Crippen LogP contribution in [0, 0.1) is 5.92 Å². The molecule has 4 nitrogen and oxygen atoms in total. The molecule has 0 radical (unpaired) electrons. The van der Waals surface area contributed by atoms with Crippen molar-refractivity contribution in [2.45, 2.75) is 32.7 Å². The van der Waals surface area contributed by atoms with Gasteiger partial charge in [-0.15, -0.1) is 0 Å². The minimum absolute atomic E-state index is 0.0522. The Morgan fingerprint density at radius 2 is 2.17 bits per heavy atom. The first kappa shape index (κ1) is 10.9. The Kier molecular flexibility index (Phi) is 3.73. The molecule has 0 heterocycles. The standard InChI is InChI=1S/C8H15NO3/c1-6(2)8(3,9-5-10)4-7(11)12/h5-6H,4H2,1-3H3,(H,9,10)(H,11,12). The SMILES string of the molecule is CC(C)C(C)(CC(=O)O)NC=O. The van der Waals surface area contributed by atoms with Crippen molar-refractivity contribution in [3.8, 4) is 0 Å². The lowest BCUT2D eigenvalue weighted by Gasteiger charge is -2.31. The van der Waals surface area contributed by atoms with Gasteiger partial charge in [0.25, 0.3) is 0 Å². The van der Waals surface area contributed by atoms with E-state index in [-0.39, 0.29) is 12.3 Å². The fraction of sp³-hybridized carbons (Fsp3) is 0.750. The van der Waals surface area contributed by atoms with Crippen molar-refractivity contribution in [3.05, 3.63) is 0 Å². The third kappa shape index (κ3) is 2.90. The molecule has 0 saturated carbocycles. The van der Waals surface area contributed by atoms with Gasteiger partial charge in [-0.2, -0.15) is 0 Å². The molecule has 2 N–H and O–H groups in total. The van der Waals surface area contributed by atoms with E-state index in [0.29, 0.717) is 6.41 Å². The van der Waals surface area contributed by atoms with Gasteiger partial charge in [0.1, 0.15) is 0 Å². The molecule has 4 heteroatoms. The number of hydrogen-bond acceptors (Lipinski definition) is 2. The number of carbonyl (C=O) groups is 2. The van der Waals surface area contributed by atoms with Gasteiger partial charge in [-0.25, -0.2) is 0 Å². The highest BCUT2D eigenvalue weighted by atomic mass is 16.4. The van der Waals surface area contributed by atoms with E-state index in [1.54, 1.807) is 6.92 Å². The van der Waals surface area contributed by atoms with Crippen molar-refractivity contribution in [1.82, 2.24) is 5.32 Å². The Morgan fingerprint density at radius 3 is 2.42 bits per heavy atom. The second kappa shape index (κ2) is 4.09. The van der Waals surface area contributed by atoms with Crippen LogP contribution in [0.1, 0.15) is 27.2 Å². The van der Waals surface area contributed by atoms with Gasteiger partial charge < -0.3 is 10.4 Å². The summed E-state index contributed by atoms with van der Waals surface area (Å²) in [6.07, 6.45) is 0.492. The zero-order chi connectivity index (χ0) is 9.78. The molecule has 1 unspecified atom stereocenters. The third-order valence-corrected chi connectivity index (χ3v) is 2.18. The highest BCUT2D eigenvalue weighted by molar-refractivity contribution is 5.69. The second-order valence-corrected chi connectivity index (χ2v) is 3.40. The molecule has 0 aliphatic heterocycles. The van der Waals surface area contributed by atoms with E-state index in [1.807, 2.05) is 13.8 Å². The van der Waals surface area contributed by atoms with Crippen molar-refractivity contribution in [3.63, 3.8) is 0 Å². The lowest BCUT2D eigenvalue weighted by atomic mass is 9.85. The van der Waals surface area contributed by atoms with Gasteiger partial charge in [0.05, 0.1) is 6.42 Å². The monoisotopic (exact) mass is 173 g/mol. The van der Waals surface area contributed by atoms with E-state index in [1.165, 1.54) is 0 Å². The maximum Gasteiger partial charge on any atom is 0.305 e. The molecule has 0 bridgehead atoms. The number of carboxylic acids is 1. The molecule has 12 heavy (non-hydrogen) atoms. The Morgan fingerprint density at radius 1 is 1.67 bits per heavy atom. The van der Waals surface area contributed by atoms with Crippen LogP contribution in [0.15, 0.2) is 0 Å². The second-order valence-electron chi connectivity index (χ2n) is 3.40. The van der Waals surface area contributed by atoms with Gasteiger partial charge in [0, 0.05) is 5.54 Å². The number of nitrogens with one attached hydrogen (secondary N) is 1. The van der Waals surface area contributed by atoms with Crippen molar-refractivity contribution < 1.29 is 14.7 Å². The van der Waals surface area contributed by atoms with E-state index < -0.39 is 11.5 Å². The summed E-state index contributed by atoms with van der Waals surface area (Å²) in [4.78, 5) is 20.6. The molecule has 1 amide bonds. The van der Waals surface area contributed by atoms with E-state index in [4.69, 9.17) is 5.11 Å². The summed E-state index contributed by atoms with van der Waals surface area (Å²) in [6.45, 7) is 5.47. The van der Waals surface area contributed by atoms with Gasteiger partial charge in [-0.05, 0) is 12.8 Å². The summed E-state index contributed by atoms with van der Waals surface area (Å²) in [6, 6.07) is 0. The minimum Gasteiger partial charge on any atom is -0.481 e. The molecule has 0 spiro atoms. The fourth-order valence-electron chi connectivity index (χ4n) is 0.871. The number of carboxylic acid groups (broad SMARTS) is 1. The van der Waals surface area contributed by atoms with Crippen LogP contribution in [0.2, 0.25) is 0 Å². The predicted octanol–water partition coefficient (Wildman–Crippen LogP) is 0.622. The van der Waals surface area contributed by atoms with Crippen molar-refractivity contribution >= 4 is 12.4 Å². The van der Waals surface area contributed by atoms with E-state index in [0.717, 1.165) is 0 Å². The Labute approximate surface area is 72.0 Å². The van der Waals surface area contributed by atoms with Gasteiger partial charge in [-0.3, -0.25) is 9.59 Å². The van der Waals surface area contributed by atoms with Crippen LogP contribution in [0.4, 0.5) is 0 Å². The van der Waals surface area contributed by atoms with Crippen LogP contribution >= 0.6 is 0 Å². The number of amides is 1. The summed E-state index contributed by atoms with van der Waals surface area (Å²) in [5.41, 5.74) is -0.645. The third-order valence-electron chi connectivity index (χ3n) is 2.18. The van der Waals surface area contributed by atoms with Gasteiger partial charge >= 0.3 is 5.97 Å². The number of carbonyl (C=O) groups excluding carboxylic acids is 1. The van der Waals surface area contributed by atoms with Gasteiger partial charge in [-0.1, -0.05) is 13.8 Å². The summed E-state index contributed by atoms with van der Waals surface area (Å²) in [5.74, 6) is -0.806. The smallest absolute Gasteiger partial charge is 0.305 e. The molecule has 0 aliphatic carbocycles. The summed E-state index contributed by atoms with van der Waals surface area (Å²) in [7, 11) is 0. The van der Waals surface area contributed by atoms with Gasteiger partial charge in [0.15, 0.2) is 0 Å². The maximum atomic E-state index is 10.4. The molecule has 0 aliphatic rings. The highest BCUT2D eigenvalue weighted by Gasteiger charge is 2.30. The van der Waals surface area contributed by atoms with Crippen LogP contribution in [-0.4, -0.2) is 23.0 Å². The predicted molar refractivity (Wildman–Crippen MR) is 44.7 cm³/mol. The summed E-state index contributed by atoms with van der Waals surface area (Å²) >= 11 is 0. The molecule has 1 atom stereocenters. The molecule has 0 aromatic heterocycles. The Hall–Kier alpha value is -1.06. The molecule has 70 valence electrons. The van der Waals surface area contributed by atoms with Crippen LogP contribution in [0.25, 0.3) is 0 Å². The Balaban J connectivity index is 4.37. The number of rotatable bonds is 5. The first-order valence-corrected chi connectivity index (χ1v) is 3.85. The van der Waals surface area contributed by atoms with E-state index >= 15 is 0 Å². The van der Waals surface area contributed by atoms with Crippen LogP contribution in [0.3, 0.4) is 0 Å². The van der Waals surface area contributed by atoms with Crippen LogP contribution < -0.4 is 5.32 Å². The normalized spacial score (nSPS) is 15.3. The van der Waals surface area contributed by atoms with Crippen LogP contribution in [-0.2, 0) is 9.59 Å². The molecule has 0 saturated heterocycles. The van der Waals surface area contributed by atoms with Crippen molar-refractivity contribution in [2.24, 2.45) is 5.92 Å². The average Bonchev–Trinajstić information content (AvgIpc) is 1.85. The number of aliphatic carboxylic acids is 1. The largest absolute Gasteiger partial charge is 0.481 e. The van der Waals surface area contributed by atoms with E-state index in [2.05, 4.69) is 5.32 Å². The fourth-order valence-corrected chi connectivity index (χ4v) is 0.871. The molecular weight excluding hydrogens is 158 g/mol. The summed E-state index contributed by atoms with van der Waals surface area (Å²) in [5, 5.41) is 11.1. The topological polar surface area (TPSA) is 66.4 Å². The van der Waals surface area contributed by atoms with Crippen molar-refractivity contribution in [2.75, 3.05) is 0 Å². The first-order chi connectivity index (χ1) is 5.42. The first-order valence-electron chi connectivity index (χ1n) is 3.85. The molecule has 0 aromatic rings. The number of hydrogen-bond donors (Lipinski definition) is 2. The minimum atomic E-state index is -0.902. The lowest BCUT2D eigenvalue weighted by Crippen LogP contribution is -2.47. The Bertz CT molecular complexity index is 179. The van der Waals surface area contributed by atoms with E-state index in [9.17, 15) is 9.59 Å². The van der Waals surface area contributed by atoms with Gasteiger partial charge in [0.2, 0.25) is 6.41 Å². The van der Waals surface area contributed by atoms with Crippen LogP contribution in [0.5, 0.6) is 0 Å². The summed E-state index contributed by atoms with van der Waals surface area (Å²) < 4.78 is 0. The zero-order valence-corrected chi connectivity index (χ0v) is 7.63. The molecule has 0 rings (SSSR count). The highest BCUT2D eigenvalue weighted by Crippen LogP contribution is 2.19. The average molecular weight is 173 g/mol. The quantitative estimate of drug-likeness (QED) is 0.599. The lowest BCUT2D eigenvalue weighted by molar-refractivity contribution is -0.139. The molecular formula is C8H15NO3. The van der Waals surface area contributed by atoms with Crippen molar-refractivity contribution in [1.29, 1.82) is 0 Å². The maximum absolute atomic E-state index is 10.4. The molecule has 0 fully saturated rings. The molecule has 0 aromatic carbocycles. The zero-order valence-electron chi connectivity index (χ0n) is 7.63.